The maximum absolute atomic E-state index is 13.7. The van der Waals surface area contributed by atoms with E-state index in [2.05, 4.69) is 10.6 Å². The average Bonchev–Trinajstić information content (AvgIpc) is 2.45. The number of halogens is 2. The van der Waals surface area contributed by atoms with Gasteiger partial charge in [-0.15, -0.1) is 0 Å². The molecule has 1 aromatic rings. The van der Waals surface area contributed by atoms with Gasteiger partial charge in [0.25, 0.3) is 0 Å². The molecule has 0 atom stereocenters. The zero-order valence-electron chi connectivity index (χ0n) is 12.6. The van der Waals surface area contributed by atoms with Crippen molar-refractivity contribution in [2.75, 3.05) is 12.4 Å². The Morgan fingerprint density at radius 3 is 2.48 bits per heavy atom. The molecule has 0 saturated heterocycles. The highest BCUT2D eigenvalue weighted by molar-refractivity contribution is 5.91. The Morgan fingerprint density at radius 1 is 1.19 bits per heavy atom. The summed E-state index contributed by atoms with van der Waals surface area (Å²) in [5.41, 5.74) is -0.0863. The number of carbonyl (C=O) groups is 1. The van der Waals surface area contributed by atoms with Gasteiger partial charge in [0.2, 0.25) is 5.91 Å². The minimum atomic E-state index is -0.607. The minimum absolute atomic E-state index is 0.0924. The number of anilines is 1. The molecule has 0 radical (unpaired) electrons. The topological polar surface area (TPSA) is 41.1 Å². The molecule has 0 bridgehead atoms. The molecule has 0 aliphatic heterocycles. The molecule has 21 heavy (non-hydrogen) atoms. The van der Waals surface area contributed by atoms with Gasteiger partial charge in [0, 0.05) is 18.0 Å². The van der Waals surface area contributed by atoms with E-state index in [-0.39, 0.29) is 29.1 Å². The van der Waals surface area contributed by atoms with Crippen LogP contribution in [0.15, 0.2) is 12.1 Å². The van der Waals surface area contributed by atoms with E-state index < -0.39 is 11.6 Å². The summed E-state index contributed by atoms with van der Waals surface area (Å²) < 4.78 is 27.2. The summed E-state index contributed by atoms with van der Waals surface area (Å²) in [4.78, 5) is 12.2. The van der Waals surface area contributed by atoms with Gasteiger partial charge in [-0.05, 0) is 38.4 Å². The van der Waals surface area contributed by atoms with Crippen molar-refractivity contribution in [3.8, 4) is 0 Å². The van der Waals surface area contributed by atoms with Gasteiger partial charge >= 0.3 is 0 Å². The lowest BCUT2D eigenvalue weighted by Crippen LogP contribution is -2.47. The Morgan fingerprint density at radius 2 is 1.86 bits per heavy atom. The van der Waals surface area contributed by atoms with E-state index in [1.165, 1.54) is 13.3 Å². The molecule has 1 aliphatic carbocycles. The molecule has 1 saturated carbocycles. The highest BCUT2D eigenvalue weighted by Crippen LogP contribution is 2.31. The van der Waals surface area contributed by atoms with Gasteiger partial charge in [0.05, 0.1) is 5.69 Å². The van der Waals surface area contributed by atoms with Crippen molar-refractivity contribution in [3.05, 3.63) is 29.3 Å². The van der Waals surface area contributed by atoms with Crippen LogP contribution in [0.2, 0.25) is 0 Å². The van der Waals surface area contributed by atoms with E-state index in [4.69, 9.17) is 0 Å². The number of aryl methyl sites for hydroxylation is 1. The number of carbonyl (C=O) groups excluding carboxylic acids is 1. The molecule has 5 heteroatoms. The predicted molar refractivity (Wildman–Crippen MR) is 79.2 cm³/mol. The number of benzene rings is 1. The SMILES string of the molecule is CNC1(CC(=O)Nc2cc(F)c(C)cc2F)CCCCC1. The van der Waals surface area contributed by atoms with Gasteiger partial charge in [0.15, 0.2) is 0 Å². The van der Waals surface area contributed by atoms with Crippen LogP contribution < -0.4 is 10.6 Å². The fraction of sp³-hybridized carbons (Fsp3) is 0.562. The Balaban J connectivity index is 2.06. The number of nitrogens with one attached hydrogen (secondary N) is 2. The lowest BCUT2D eigenvalue weighted by Gasteiger charge is -2.36. The van der Waals surface area contributed by atoms with E-state index in [9.17, 15) is 13.6 Å². The quantitative estimate of drug-likeness (QED) is 0.892. The molecule has 3 nitrogen and oxygen atoms in total. The van der Waals surface area contributed by atoms with Crippen molar-refractivity contribution in [3.63, 3.8) is 0 Å². The number of rotatable bonds is 4. The second-order valence-corrected chi connectivity index (χ2v) is 5.90. The molecule has 1 fully saturated rings. The van der Waals surface area contributed by atoms with Crippen LogP contribution in [0.1, 0.15) is 44.1 Å². The van der Waals surface area contributed by atoms with E-state index in [0.29, 0.717) is 0 Å². The monoisotopic (exact) mass is 296 g/mol. The molecular weight excluding hydrogens is 274 g/mol. The lowest BCUT2D eigenvalue weighted by atomic mass is 9.79. The van der Waals surface area contributed by atoms with Crippen molar-refractivity contribution in [2.45, 2.75) is 51.0 Å². The third-order valence-corrected chi connectivity index (χ3v) is 4.36. The molecule has 0 aromatic heterocycles. The Bertz CT molecular complexity index is 525. The smallest absolute Gasteiger partial charge is 0.226 e. The summed E-state index contributed by atoms with van der Waals surface area (Å²) in [6.45, 7) is 1.49. The largest absolute Gasteiger partial charge is 0.323 e. The van der Waals surface area contributed by atoms with Crippen LogP contribution >= 0.6 is 0 Å². The van der Waals surface area contributed by atoms with Gasteiger partial charge in [-0.3, -0.25) is 4.79 Å². The van der Waals surface area contributed by atoms with Crippen LogP contribution in [0.25, 0.3) is 0 Å². The van der Waals surface area contributed by atoms with E-state index in [1.807, 2.05) is 7.05 Å². The summed E-state index contributed by atoms with van der Waals surface area (Å²) >= 11 is 0. The summed E-state index contributed by atoms with van der Waals surface area (Å²) in [6, 6.07) is 2.13. The molecule has 2 N–H and O–H groups in total. The van der Waals surface area contributed by atoms with Crippen LogP contribution in [0.5, 0.6) is 0 Å². The second-order valence-electron chi connectivity index (χ2n) is 5.90. The third kappa shape index (κ3) is 3.79. The Kier molecular flexibility index (Phi) is 4.93. The first-order valence-corrected chi connectivity index (χ1v) is 7.40. The van der Waals surface area contributed by atoms with E-state index in [1.54, 1.807) is 0 Å². The van der Waals surface area contributed by atoms with Gasteiger partial charge in [-0.1, -0.05) is 19.3 Å². The van der Waals surface area contributed by atoms with Gasteiger partial charge < -0.3 is 10.6 Å². The molecule has 0 heterocycles. The summed E-state index contributed by atoms with van der Waals surface area (Å²) in [6.07, 6.45) is 5.49. The van der Waals surface area contributed by atoms with Crippen molar-refractivity contribution in [1.29, 1.82) is 0 Å². The standard InChI is InChI=1S/C16H22F2N2O/c1-11-8-13(18)14(9-12(11)17)20-15(21)10-16(19-2)6-4-3-5-7-16/h8-9,19H,3-7,10H2,1-2H3,(H,20,21). The summed E-state index contributed by atoms with van der Waals surface area (Å²) in [7, 11) is 1.85. The maximum atomic E-state index is 13.7. The molecular formula is C16H22F2N2O. The molecule has 0 spiro atoms. The van der Waals surface area contributed by atoms with E-state index >= 15 is 0 Å². The zero-order chi connectivity index (χ0) is 15.5. The molecule has 1 aliphatic rings. The maximum Gasteiger partial charge on any atom is 0.226 e. The Hall–Kier alpha value is -1.49. The van der Waals surface area contributed by atoms with Crippen LogP contribution in [0.4, 0.5) is 14.5 Å². The lowest BCUT2D eigenvalue weighted by molar-refractivity contribution is -0.118. The molecule has 2 rings (SSSR count). The van der Waals surface area contributed by atoms with Crippen molar-refractivity contribution in [2.24, 2.45) is 0 Å². The van der Waals surface area contributed by atoms with Gasteiger partial charge in [0.1, 0.15) is 11.6 Å². The van der Waals surface area contributed by atoms with Crippen LogP contribution in [-0.4, -0.2) is 18.5 Å². The zero-order valence-corrected chi connectivity index (χ0v) is 12.6. The molecule has 116 valence electrons. The fourth-order valence-electron chi connectivity index (χ4n) is 2.99. The van der Waals surface area contributed by atoms with E-state index in [0.717, 1.165) is 37.8 Å². The van der Waals surface area contributed by atoms with Gasteiger partial charge in [-0.25, -0.2) is 8.78 Å². The summed E-state index contributed by atoms with van der Waals surface area (Å²) in [5, 5.41) is 5.73. The number of hydrogen-bond acceptors (Lipinski definition) is 2. The van der Waals surface area contributed by atoms with Gasteiger partial charge in [-0.2, -0.15) is 0 Å². The van der Waals surface area contributed by atoms with Crippen LogP contribution in [0.3, 0.4) is 0 Å². The third-order valence-electron chi connectivity index (χ3n) is 4.36. The number of amides is 1. The van der Waals surface area contributed by atoms with Crippen LogP contribution in [0, 0.1) is 18.6 Å². The second kappa shape index (κ2) is 6.52. The first kappa shape index (κ1) is 15.9. The molecule has 0 unspecified atom stereocenters. The van der Waals surface area contributed by atoms with Crippen molar-refractivity contribution in [1.82, 2.24) is 5.32 Å². The average molecular weight is 296 g/mol. The predicted octanol–water partition coefficient (Wildman–Crippen LogP) is 3.52. The first-order valence-electron chi connectivity index (χ1n) is 7.40. The summed E-state index contributed by atoms with van der Waals surface area (Å²) in [5.74, 6) is -1.41. The highest BCUT2D eigenvalue weighted by Gasteiger charge is 2.32. The minimum Gasteiger partial charge on any atom is -0.323 e. The normalized spacial score (nSPS) is 17.5. The number of hydrogen-bond donors (Lipinski definition) is 2. The van der Waals surface area contributed by atoms with Crippen LogP contribution in [-0.2, 0) is 4.79 Å². The van der Waals surface area contributed by atoms with Crippen molar-refractivity contribution >= 4 is 11.6 Å². The fourth-order valence-corrected chi connectivity index (χ4v) is 2.99. The molecule has 1 aromatic carbocycles. The molecule has 1 amide bonds. The highest BCUT2D eigenvalue weighted by atomic mass is 19.1. The Labute approximate surface area is 124 Å². The van der Waals surface area contributed by atoms with Crippen molar-refractivity contribution < 1.29 is 13.6 Å². The first-order chi connectivity index (χ1) is 9.96.